The lowest BCUT2D eigenvalue weighted by Crippen LogP contribution is -2.48. The van der Waals surface area contributed by atoms with Crippen LogP contribution in [0.2, 0.25) is 0 Å². The molecule has 1 amide bonds. The monoisotopic (exact) mass is 316 g/mol. The molecule has 0 bridgehead atoms. The van der Waals surface area contributed by atoms with Crippen molar-refractivity contribution >= 4 is 11.9 Å². The summed E-state index contributed by atoms with van der Waals surface area (Å²) in [4.78, 5) is 25.1. The lowest BCUT2D eigenvalue weighted by molar-refractivity contribution is -0.154. The van der Waals surface area contributed by atoms with Crippen molar-refractivity contribution in [3.05, 3.63) is 41.7 Å². The lowest BCUT2D eigenvalue weighted by Gasteiger charge is -2.30. The second-order valence-electron chi connectivity index (χ2n) is 5.22. The molecule has 2 aromatic rings. The van der Waals surface area contributed by atoms with Crippen molar-refractivity contribution in [2.75, 3.05) is 19.7 Å². The Hall–Kier alpha value is -2.74. The molecule has 0 spiro atoms. The van der Waals surface area contributed by atoms with Crippen molar-refractivity contribution in [2.24, 2.45) is 0 Å². The van der Waals surface area contributed by atoms with Gasteiger partial charge in [0.25, 0.3) is 5.91 Å². The number of carbonyl (C=O) groups excluding carboxylic acids is 1. The van der Waals surface area contributed by atoms with Crippen LogP contribution in [-0.2, 0) is 9.53 Å². The molecule has 23 heavy (non-hydrogen) atoms. The van der Waals surface area contributed by atoms with E-state index in [2.05, 4.69) is 10.3 Å². The van der Waals surface area contributed by atoms with Crippen molar-refractivity contribution < 1.29 is 19.4 Å². The van der Waals surface area contributed by atoms with Crippen molar-refractivity contribution in [2.45, 2.75) is 13.0 Å². The number of amides is 1. The molecule has 1 aliphatic heterocycles. The largest absolute Gasteiger partial charge is 0.479 e. The number of hydrogen-bond donors (Lipinski definition) is 1. The second-order valence-corrected chi connectivity index (χ2v) is 5.22. The number of carbonyl (C=O) groups is 2. The van der Waals surface area contributed by atoms with E-state index in [1.54, 1.807) is 11.6 Å². The predicted molar refractivity (Wildman–Crippen MR) is 79.4 cm³/mol. The number of carboxylic acid groups (broad SMARTS) is 1. The number of aromatic nitrogens is 3. The first-order chi connectivity index (χ1) is 11.1. The number of benzene rings is 1. The number of para-hydroxylation sites is 1. The molecule has 1 aliphatic rings. The van der Waals surface area contributed by atoms with Gasteiger partial charge in [0, 0.05) is 6.54 Å². The summed E-state index contributed by atoms with van der Waals surface area (Å²) in [5, 5.41) is 17.0. The maximum absolute atomic E-state index is 12.6. The van der Waals surface area contributed by atoms with E-state index in [0.717, 1.165) is 5.69 Å². The Morgan fingerprint density at radius 1 is 1.30 bits per heavy atom. The molecule has 2 heterocycles. The standard InChI is InChI=1S/C15H16N4O4/c1-10-13(16-17-19(10)11-5-3-2-4-6-11)14(20)18-7-8-23-12(9-18)15(21)22/h2-6,12H,7-9H2,1H3,(H,21,22). The van der Waals surface area contributed by atoms with Crippen LogP contribution >= 0.6 is 0 Å². The zero-order valence-electron chi connectivity index (χ0n) is 12.5. The molecule has 1 N–H and O–H groups in total. The molecule has 0 radical (unpaired) electrons. The van der Waals surface area contributed by atoms with Crippen molar-refractivity contribution in [1.82, 2.24) is 19.9 Å². The van der Waals surface area contributed by atoms with Crippen molar-refractivity contribution in [1.29, 1.82) is 0 Å². The first kappa shape index (κ1) is 15.2. The van der Waals surface area contributed by atoms with E-state index in [4.69, 9.17) is 9.84 Å². The molecule has 1 aromatic heterocycles. The number of carboxylic acids is 1. The second kappa shape index (κ2) is 6.17. The zero-order valence-corrected chi connectivity index (χ0v) is 12.5. The van der Waals surface area contributed by atoms with Crippen LogP contribution in [0.3, 0.4) is 0 Å². The molecular weight excluding hydrogens is 300 g/mol. The topological polar surface area (TPSA) is 97.6 Å². The summed E-state index contributed by atoms with van der Waals surface area (Å²) in [6.07, 6.45) is -1.00. The van der Waals surface area contributed by atoms with Crippen LogP contribution in [0, 0.1) is 6.92 Å². The van der Waals surface area contributed by atoms with Gasteiger partial charge in [-0.15, -0.1) is 5.10 Å². The van der Waals surface area contributed by atoms with Gasteiger partial charge in [0.15, 0.2) is 11.8 Å². The minimum Gasteiger partial charge on any atom is -0.479 e. The third-order valence-electron chi connectivity index (χ3n) is 3.73. The first-order valence-electron chi connectivity index (χ1n) is 7.19. The van der Waals surface area contributed by atoms with E-state index in [1.807, 2.05) is 30.3 Å². The highest BCUT2D eigenvalue weighted by molar-refractivity contribution is 5.93. The summed E-state index contributed by atoms with van der Waals surface area (Å²) in [6, 6.07) is 9.37. The fraction of sp³-hybridized carbons (Fsp3) is 0.333. The third-order valence-corrected chi connectivity index (χ3v) is 3.73. The SMILES string of the molecule is Cc1c(C(=O)N2CCOC(C(=O)O)C2)nnn1-c1ccccc1. The van der Waals surface area contributed by atoms with E-state index in [0.29, 0.717) is 12.2 Å². The molecule has 1 fully saturated rings. The third kappa shape index (κ3) is 2.93. The van der Waals surface area contributed by atoms with Gasteiger partial charge >= 0.3 is 5.97 Å². The quantitative estimate of drug-likeness (QED) is 0.885. The van der Waals surface area contributed by atoms with Gasteiger partial charge in [-0.2, -0.15) is 0 Å². The van der Waals surface area contributed by atoms with Crippen LogP contribution in [0.15, 0.2) is 30.3 Å². The average molecular weight is 316 g/mol. The Kier molecular flexibility index (Phi) is 4.07. The Morgan fingerprint density at radius 2 is 2.04 bits per heavy atom. The number of hydrogen-bond acceptors (Lipinski definition) is 5. The molecule has 3 rings (SSSR count). The molecule has 8 nitrogen and oxygen atoms in total. The van der Waals surface area contributed by atoms with Crippen molar-refractivity contribution in [3.63, 3.8) is 0 Å². The predicted octanol–water partition coefficient (Wildman–Crippen LogP) is 0.501. The Bertz CT molecular complexity index is 728. The fourth-order valence-corrected chi connectivity index (χ4v) is 2.47. The number of aliphatic carboxylic acids is 1. The summed E-state index contributed by atoms with van der Waals surface area (Å²) < 4.78 is 6.71. The van der Waals surface area contributed by atoms with Gasteiger partial charge in [-0.3, -0.25) is 4.79 Å². The summed E-state index contributed by atoms with van der Waals surface area (Å²) in [5.74, 6) is -1.41. The molecule has 1 atom stereocenters. The van der Waals surface area contributed by atoms with Gasteiger partial charge in [-0.25, -0.2) is 9.48 Å². The van der Waals surface area contributed by atoms with Gasteiger partial charge < -0.3 is 14.7 Å². The Morgan fingerprint density at radius 3 is 2.74 bits per heavy atom. The maximum atomic E-state index is 12.6. The highest BCUT2D eigenvalue weighted by atomic mass is 16.5. The molecule has 0 saturated carbocycles. The van der Waals surface area contributed by atoms with Crippen LogP contribution in [0.1, 0.15) is 16.2 Å². The molecule has 1 unspecified atom stereocenters. The highest BCUT2D eigenvalue weighted by Crippen LogP contribution is 2.15. The Balaban J connectivity index is 1.83. The summed E-state index contributed by atoms with van der Waals surface area (Å²) in [6.45, 7) is 2.29. The normalized spacial score (nSPS) is 18.0. The minimum absolute atomic E-state index is 0.00576. The number of nitrogens with zero attached hydrogens (tertiary/aromatic N) is 4. The molecular formula is C15H16N4O4. The molecule has 120 valence electrons. The smallest absolute Gasteiger partial charge is 0.334 e. The number of morpholine rings is 1. The average Bonchev–Trinajstić information content (AvgIpc) is 2.96. The minimum atomic E-state index is -1.08. The zero-order chi connectivity index (χ0) is 16.4. The Labute approximate surface area is 132 Å². The van der Waals surface area contributed by atoms with E-state index >= 15 is 0 Å². The number of ether oxygens (including phenoxy) is 1. The summed E-state index contributed by atoms with van der Waals surface area (Å²) in [7, 11) is 0. The van der Waals surface area contributed by atoms with Crippen LogP contribution < -0.4 is 0 Å². The van der Waals surface area contributed by atoms with Crippen LogP contribution in [-0.4, -0.2) is 62.7 Å². The fourth-order valence-electron chi connectivity index (χ4n) is 2.47. The van der Waals surface area contributed by atoms with E-state index in [1.165, 1.54) is 4.90 Å². The molecule has 1 saturated heterocycles. The van der Waals surface area contributed by atoms with Gasteiger partial charge in [0.1, 0.15) is 0 Å². The van der Waals surface area contributed by atoms with Gasteiger partial charge in [0.05, 0.1) is 24.5 Å². The van der Waals surface area contributed by atoms with Crippen molar-refractivity contribution in [3.8, 4) is 5.69 Å². The van der Waals surface area contributed by atoms with E-state index in [-0.39, 0.29) is 24.8 Å². The lowest BCUT2D eigenvalue weighted by atomic mass is 10.2. The highest BCUT2D eigenvalue weighted by Gasteiger charge is 2.31. The van der Waals surface area contributed by atoms with Crippen LogP contribution in [0.5, 0.6) is 0 Å². The number of rotatable bonds is 3. The molecule has 1 aromatic carbocycles. The van der Waals surface area contributed by atoms with Crippen LogP contribution in [0.25, 0.3) is 5.69 Å². The van der Waals surface area contributed by atoms with Gasteiger partial charge in [0.2, 0.25) is 0 Å². The van der Waals surface area contributed by atoms with E-state index < -0.39 is 12.1 Å². The van der Waals surface area contributed by atoms with Gasteiger partial charge in [-0.1, -0.05) is 23.4 Å². The molecule has 8 heteroatoms. The summed E-state index contributed by atoms with van der Waals surface area (Å²) in [5.41, 5.74) is 1.64. The first-order valence-corrected chi connectivity index (χ1v) is 7.19. The van der Waals surface area contributed by atoms with E-state index in [9.17, 15) is 9.59 Å². The maximum Gasteiger partial charge on any atom is 0.334 e. The molecule has 0 aliphatic carbocycles. The van der Waals surface area contributed by atoms with Gasteiger partial charge in [-0.05, 0) is 19.1 Å². The van der Waals surface area contributed by atoms with Crippen LogP contribution in [0.4, 0.5) is 0 Å². The summed E-state index contributed by atoms with van der Waals surface area (Å²) >= 11 is 0.